The lowest BCUT2D eigenvalue weighted by Gasteiger charge is -2.33. The van der Waals surface area contributed by atoms with Gasteiger partial charge in [0.15, 0.2) is 0 Å². The largest absolute Gasteiger partial charge is 0.393 e. The van der Waals surface area contributed by atoms with E-state index in [0.29, 0.717) is 69.1 Å². The van der Waals surface area contributed by atoms with Crippen molar-refractivity contribution in [2.45, 2.75) is 38.8 Å². The molecule has 0 amide bonds. The summed E-state index contributed by atoms with van der Waals surface area (Å²) in [6, 6.07) is 8.53. The van der Waals surface area contributed by atoms with Crippen LogP contribution in [0.1, 0.15) is 36.9 Å². The number of aliphatic hydroxyl groups is 1. The van der Waals surface area contributed by atoms with Gasteiger partial charge in [-0.1, -0.05) is 6.07 Å². The SMILES string of the molecule is Cc1cc([C@H](C)Nc2ccc(F)cc2N2CCC(O)CC2)c2nc(N3CCOCC3)n(C)c(=O)c2c1. The normalized spacial score (nSPS) is 18.0. The Kier molecular flexibility index (Phi) is 6.85. The number of fused-ring (bicyclic) bond motifs is 1. The minimum absolute atomic E-state index is 0.0759. The first kappa shape index (κ1) is 24.5. The molecule has 2 N–H and O–H groups in total. The summed E-state index contributed by atoms with van der Waals surface area (Å²) in [4.78, 5) is 22.6. The fourth-order valence-electron chi connectivity index (χ4n) is 5.22. The number of aliphatic hydroxyl groups excluding tert-OH is 1. The van der Waals surface area contributed by atoms with Crippen molar-refractivity contribution in [3.8, 4) is 0 Å². The van der Waals surface area contributed by atoms with Gasteiger partial charge in [0.1, 0.15) is 5.82 Å². The number of nitrogens with zero attached hydrogens (tertiary/aromatic N) is 4. The van der Waals surface area contributed by atoms with Gasteiger partial charge in [0.25, 0.3) is 5.56 Å². The highest BCUT2D eigenvalue weighted by molar-refractivity contribution is 5.84. The van der Waals surface area contributed by atoms with Crippen LogP contribution in [0, 0.1) is 12.7 Å². The Morgan fingerprint density at radius 2 is 1.83 bits per heavy atom. The lowest BCUT2D eigenvalue weighted by Crippen LogP contribution is -2.40. The van der Waals surface area contributed by atoms with Crippen molar-refractivity contribution in [3.63, 3.8) is 0 Å². The minimum Gasteiger partial charge on any atom is -0.393 e. The predicted molar refractivity (Wildman–Crippen MR) is 141 cm³/mol. The van der Waals surface area contributed by atoms with Gasteiger partial charge in [-0.25, -0.2) is 9.37 Å². The predicted octanol–water partition coefficient (Wildman–Crippen LogP) is 3.35. The third-order valence-electron chi connectivity index (χ3n) is 7.23. The molecule has 2 aliphatic heterocycles. The molecule has 3 aromatic rings. The number of benzene rings is 2. The van der Waals surface area contributed by atoms with E-state index in [1.165, 1.54) is 6.07 Å². The van der Waals surface area contributed by atoms with Crippen LogP contribution in [0.15, 0.2) is 35.1 Å². The lowest BCUT2D eigenvalue weighted by molar-refractivity contribution is 0.121. The molecule has 0 spiro atoms. The Bertz CT molecular complexity index is 1310. The number of ether oxygens (including phenoxy) is 1. The van der Waals surface area contributed by atoms with E-state index in [-0.39, 0.29) is 23.5 Å². The fraction of sp³-hybridized carbons (Fsp3) is 0.481. The zero-order chi connectivity index (χ0) is 25.4. The molecule has 0 unspecified atom stereocenters. The molecule has 192 valence electrons. The van der Waals surface area contributed by atoms with Crippen LogP contribution in [0.2, 0.25) is 0 Å². The number of aryl methyl sites for hydroxylation is 1. The number of aromatic nitrogens is 2. The Hall–Kier alpha value is -3.17. The number of nitrogens with one attached hydrogen (secondary N) is 1. The van der Waals surface area contributed by atoms with Crippen LogP contribution in [0.4, 0.5) is 21.7 Å². The molecule has 9 heteroatoms. The molecule has 2 saturated heterocycles. The van der Waals surface area contributed by atoms with Gasteiger partial charge in [0.05, 0.1) is 47.6 Å². The van der Waals surface area contributed by atoms with Gasteiger partial charge in [-0.3, -0.25) is 9.36 Å². The maximum absolute atomic E-state index is 14.2. The maximum atomic E-state index is 14.2. The molecule has 2 fully saturated rings. The van der Waals surface area contributed by atoms with Crippen LogP contribution in [0.5, 0.6) is 0 Å². The van der Waals surface area contributed by atoms with Gasteiger partial charge in [-0.2, -0.15) is 0 Å². The first-order chi connectivity index (χ1) is 17.3. The zero-order valence-electron chi connectivity index (χ0n) is 21.1. The second-order valence-electron chi connectivity index (χ2n) is 9.87. The molecule has 8 nitrogen and oxygen atoms in total. The molecule has 2 aliphatic rings. The van der Waals surface area contributed by atoms with E-state index in [1.54, 1.807) is 23.7 Å². The highest BCUT2D eigenvalue weighted by Gasteiger charge is 2.23. The molecule has 0 aliphatic carbocycles. The summed E-state index contributed by atoms with van der Waals surface area (Å²) in [5.41, 5.74) is 4.09. The Morgan fingerprint density at radius 3 is 2.56 bits per heavy atom. The Morgan fingerprint density at radius 1 is 1.11 bits per heavy atom. The van der Waals surface area contributed by atoms with Crippen LogP contribution < -0.4 is 20.7 Å². The van der Waals surface area contributed by atoms with Gasteiger partial charge >= 0.3 is 0 Å². The van der Waals surface area contributed by atoms with Crippen LogP contribution >= 0.6 is 0 Å². The summed E-state index contributed by atoms with van der Waals surface area (Å²) >= 11 is 0. The average Bonchev–Trinajstić information content (AvgIpc) is 2.88. The quantitative estimate of drug-likeness (QED) is 0.562. The number of anilines is 3. The van der Waals surface area contributed by atoms with E-state index in [4.69, 9.17) is 9.72 Å². The number of morpholine rings is 1. The molecule has 5 rings (SSSR count). The number of hydrogen-bond acceptors (Lipinski definition) is 7. The van der Waals surface area contributed by atoms with Crippen LogP contribution in [-0.4, -0.2) is 60.2 Å². The van der Waals surface area contributed by atoms with Crippen LogP contribution in [0.3, 0.4) is 0 Å². The molecule has 0 radical (unpaired) electrons. The van der Waals surface area contributed by atoms with Gasteiger partial charge < -0.3 is 25.0 Å². The summed E-state index contributed by atoms with van der Waals surface area (Å²) in [6.07, 6.45) is 1.01. The van der Waals surface area contributed by atoms with Gasteiger partial charge in [-0.05, 0) is 56.5 Å². The molecule has 3 heterocycles. The first-order valence-corrected chi connectivity index (χ1v) is 12.6. The van der Waals surface area contributed by atoms with Gasteiger partial charge in [-0.15, -0.1) is 0 Å². The average molecular weight is 496 g/mol. The number of halogens is 1. The monoisotopic (exact) mass is 495 g/mol. The van der Waals surface area contributed by atoms with Crippen molar-refractivity contribution >= 4 is 28.2 Å². The smallest absolute Gasteiger partial charge is 0.262 e. The minimum atomic E-state index is -0.307. The number of hydrogen-bond donors (Lipinski definition) is 2. The molecule has 0 bridgehead atoms. The first-order valence-electron chi connectivity index (χ1n) is 12.6. The molecule has 0 saturated carbocycles. The van der Waals surface area contributed by atoms with E-state index in [0.717, 1.165) is 22.5 Å². The molecule has 2 aromatic carbocycles. The van der Waals surface area contributed by atoms with Crippen molar-refractivity contribution < 1.29 is 14.2 Å². The van der Waals surface area contributed by atoms with Crippen molar-refractivity contribution in [2.24, 2.45) is 7.05 Å². The van der Waals surface area contributed by atoms with Crippen LogP contribution in [-0.2, 0) is 11.8 Å². The molecule has 1 aromatic heterocycles. The summed E-state index contributed by atoms with van der Waals surface area (Å²) in [5.74, 6) is 0.345. The molecular weight excluding hydrogens is 461 g/mol. The Balaban J connectivity index is 1.54. The topological polar surface area (TPSA) is 82.9 Å². The third-order valence-corrected chi connectivity index (χ3v) is 7.23. The van der Waals surface area contributed by atoms with Crippen molar-refractivity contribution in [3.05, 3.63) is 57.6 Å². The van der Waals surface area contributed by atoms with Crippen molar-refractivity contribution in [2.75, 3.05) is 54.5 Å². The van der Waals surface area contributed by atoms with E-state index in [9.17, 15) is 14.3 Å². The molecular formula is C27H34FN5O3. The highest BCUT2D eigenvalue weighted by atomic mass is 19.1. The number of rotatable bonds is 5. The standard InChI is InChI=1S/C27H34FN5O3/c1-17-14-21(25-22(15-17)26(35)31(3)27(30-25)33-10-12-36-13-11-33)18(2)29-23-5-4-19(28)16-24(23)32-8-6-20(34)7-9-32/h4-5,14-16,18,20,29,34H,6-13H2,1-3H3/t18-/m0/s1. The van der Waals surface area contributed by atoms with Crippen molar-refractivity contribution in [1.29, 1.82) is 0 Å². The van der Waals surface area contributed by atoms with E-state index >= 15 is 0 Å². The Labute approximate surface area is 210 Å². The molecule has 36 heavy (non-hydrogen) atoms. The summed E-state index contributed by atoms with van der Waals surface area (Å²) in [7, 11) is 1.77. The van der Waals surface area contributed by atoms with Crippen LogP contribution in [0.25, 0.3) is 10.9 Å². The maximum Gasteiger partial charge on any atom is 0.262 e. The van der Waals surface area contributed by atoms with Gasteiger partial charge in [0, 0.05) is 38.8 Å². The summed E-state index contributed by atoms with van der Waals surface area (Å²) in [5, 5.41) is 14.1. The summed E-state index contributed by atoms with van der Waals surface area (Å²) in [6.45, 7) is 7.93. The third kappa shape index (κ3) is 4.77. The van der Waals surface area contributed by atoms with E-state index in [1.807, 2.05) is 19.9 Å². The second kappa shape index (κ2) is 10.1. The fourth-order valence-corrected chi connectivity index (χ4v) is 5.22. The van der Waals surface area contributed by atoms with Crippen molar-refractivity contribution in [1.82, 2.24) is 9.55 Å². The summed E-state index contributed by atoms with van der Waals surface area (Å²) < 4.78 is 21.3. The van der Waals surface area contributed by atoms with E-state index < -0.39 is 0 Å². The van der Waals surface area contributed by atoms with Gasteiger partial charge in [0.2, 0.25) is 5.95 Å². The zero-order valence-corrected chi connectivity index (χ0v) is 21.1. The highest BCUT2D eigenvalue weighted by Crippen LogP contribution is 2.34. The van der Waals surface area contributed by atoms with E-state index in [2.05, 4.69) is 21.2 Å². The second-order valence-corrected chi connectivity index (χ2v) is 9.87. The lowest BCUT2D eigenvalue weighted by atomic mass is 10.0. The number of piperidine rings is 1. The molecule has 1 atom stereocenters.